The maximum absolute atomic E-state index is 11.6. The van der Waals surface area contributed by atoms with E-state index in [2.05, 4.69) is 15.6 Å². The number of hydrogen-bond acceptors (Lipinski definition) is 4. The molecule has 0 aromatic heterocycles. The summed E-state index contributed by atoms with van der Waals surface area (Å²) in [6.45, 7) is 3.80. The van der Waals surface area contributed by atoms with Gasteiger partial charge in [-0.2, -0.15) is 0 Å². The number of benzene rings is 1. The van der Waals surface area contributed by atoms with Crippen molar-refractivity contribution in [1.29, 1.82) is 0 Å². The van der Waals surface area contributed by atoms with E-state index in [4.69, 9.17) is 9.47 Å². The van der Waals surface area contributed by atoms with Crippen LogP contribution in [0, 0.1) is 0 Å². The number of guanidine groups is 1. The number of amides is 1. The minimum atomic E-state index is -0.113. The Labute approximate surface area is 159 Å². The smallest absolute Gasteiger partial charge is 0.243 e. The van der Waals surface area contributed by atoms with E-state index in [9.17, 15) is 4.79 Å². The molecular formula is C16H25IN4O3. The molecule has 1 aromatic rings. The summed E-state index contributed by atoms with van der Waals surface area (Å²) in [5, 5.41) is 6.29. The predicted octanol–water partition coefficient (Wildman–Crippen LogP) is 1.09. The lowest BCUT2D eigenvalue weighted by Gasteiger charge is -2.27. The Kier molecular flexibility index (Phi) is 8.66. The largest absolute Gasteiger partial charge is 0.486 e. The van der Waals surface area contributed by atoms with E-state index in [-0.39, 0.29) is 42.5 Å². The van der Waals surface area contributed by atoms with Crippen molar-refractivity contribution in [2.45, 2.75) is 13.0 Å². The molecule has 1 amide bonds. The Bertz CT molecular complexity index is 566. The van der Waals surface area contributed by atoms with Crippen molar-refractivity contribution in [3.05, 3.63) is 24.3 Å². The summed E-state index contributed by atoms with van der Waals surface area (Å²) in [6, 6.07) is 7.60. The average Bonchev–Trinajstić information content (AvgIpc) is 2.56. The highest BCUT2D eigenvalue weighted by atomic mass is 127. The molecule has 2 N–H and O–H groups in total. The van der Waals surface area contributed by atoms with Crippen LogP contribution < -0.4 is 20.1 Å². The molecule has 134 valence electrons. The number of aliphatic imine (C=N–C) groups is 1. The third kappa shape index (κ3) is 6.06. The number of likely N-dealkylation sites (N-methyl/N-ethyl adjacent to an activating group) is 1. The molecule has 2 rings (SSSR count). The molecule has 0 spiro atoms. The van der Waals surface area contributed by atoms with Gasteiger partial charge in [0.1, 0.15) is 19.3 Å². The van der Waals surface area contributed by atoms with Crippen LogP contribution in [0.3, 0.4) is 0 Å². The predicted molar refractivity (Wildman–Crippen MR) is 104 cm³/mol. The van der Waals surface area contributed by atoms with E-state index < -0.39 is 0 Å². The summed E-state index contributed by atoms with van der Waals surface area (Å²) in [7, 11) is 3.42. The third-order valence-electron chi connectivity index (χ3n) is 3.28. The number of hydrogen-bond donors (Lipinski definition) is 2. The Balaban J connectivity index is 0.00000288. The zero-order valence-corrected chi connectivity index (χ0v) is 16.6. The Morgan fingerprint density at radius 1 is 1.29 bits per heavy atom. The summed E-state index contributed by atoms with van der Waals surface area (Å²) in [5.41, 5.74) is 0. The molecule has 1 atom stereocenters. The number of carbonyl (C=O) groups is 1. The SMILES string of the molecule is CCNC(=NCC(=O)N(C)C)NCC1COc2ccccc2O1.I. The van der Waals surface area contributed by atoms with Crippen molar-refractivity contribution in [2.75, 3.05) is 40.3 Å². The van der Waals surface area contributed by atoms with Crippen LogP contribution >= 0.6 is 24.0 Å². The molecule has 0 saturated carbocycles. The Morgan fingerprint density at radius 2 is 2.00 bits per heavy atom. The van der Waals surface area contributed by atoms with Crippen LogP contribution in [0.25, 0.3) is 0 Å². The minimum Gasteiger partial charge on any atom is -0.486 e. The molecule has 24 heavy (non-hydrogen) atoms. The van der Waals surface area contributed by atoms with E-state index in [1.54, 1.807) is 14.1 Å². The molecule has 0 fully saturated rings. The molecule has 1 aliphatic heterocycles. The van der Waals surface area contributed by atoms with E-state index in [0.29, 0.717) is 25.7 Å². The molecule has 1 aliphatic rings. The first-order valence-electron chi connectivity index (χ1n) is 7.71. The first-order chi connectivity index (χ1) is 11.1. The average molecular weight is 448 g/mol. The van der Waals surface area contributed by atoms with Gasteiger partial charge in [0.15, 0.2) is 17.5 Å². The number of nitrogens with zero attached hydrogens (tertiary/aromatic N) is 2. The van der Waals surface area contributed by atoms with Gasteiger partial charge in [0.25, 0.3) is 0 Å². The molecule has 0 radical (unpaired) electrons. The highest BCUT2D eigenvalue weighted by Gasteiger charge is 2.20. The Morgan fingerprint density at radius 3 is 2.67 bits per heavy atom. The van der Waals surface area contributed by atoms with Gasteiger partial charge in [0.2, 0.25) is 5.91 Å². The van der Waals surface area contributed by atoms with Crippen LogP contribution in [0.15, 0.2) is 29.3 Å². The Hall–Kier alpha value is -1.71. The summed E-state index contributed by atoms with van der Waals surface area (Å²) in [6.07, 6.45) is -0.113. The fourth-order valence-electron chi connectivity index (χ4n) is 2.00. The second kappa shape index (κ2) is 10.2. The lowest BCUT2D eigenvalue weighted by molar-refractivity contribution is -0.127. The molecule has 8 heteroatoms. The van der Waals surface area contributed by atoms with Gasteiger partial charge in [-0.25, -0.2) is 4.99 Å². The molecule has 1 aromatic carbocycles. The van der Waals surface area contributed by atoms with E-state index in [0.717, 1.165) is 11.5 Å². The van der Waals surface area contributed by atoms with Gasteiger partial charge in [0, 0.05) is 20.6 Å². The number of ether oxygens (including phenoxy) is 2. The van der Waals surface area contributed by atoms with Gasteiger partial charge in [-0.1, -0.05) is 12.1 Å². The van der Waals surface area contributed by atoms with Crippen molar-refractivity contribution in [1.82, 2.24) is 15.5 Å². The van der Waals surface area contributed by atoms with E-state index in [1.807, 2.05) is 31.2 Å². The lowest BCUT2D eigenvalue weighted by Crippen LogP contribution is -2.45. The first-order valence-corrected chi connectivity index (χ1v) is 7.71. The third-order valence-corrected chi connectivity index (χ3v) is 3.28. The lowest BCUT2D eigenvalue weighted by atomic mass is 10.2. The summed E-state index contributed by atoms with van der Waals surface area (Å²) < 4.78 is 11.6. The molecule has 1 unspecified atom stereocenters. The molecule has 7 nitrogen and oxygen atoms in total. The van der Waals surface area contributed by atoms with Gasteiger partial charge in [-0.3, -0.25) is 4.79 Å². The number of fused-ring (bicyclic) bond motifs is 1. The van der Waals surface area contributed by atoms with Gasteiger partial charge in [0.05, 0.1) is 6.54 Å². The topological polar surface area (TPSA) is 75.2 Å². The molecule has 1 heterocycles. The summed E-state index contributed by atoms with van der Waals surface area (Å²) in [4.78, 5) is 17.4. The highest BCUT2D eigenvalue weighted by Crippen LogP contribution is 2.30. The monoisotopic (exact) mass is 448 g/mol. The quantitative estimate of drug-likeness (QED) is 0.401. The highest BCUT2D eigenvalue weighted by molar-refractivity contribution is 14.0. The second-order valence-electron chi connectivity index (χ2n) is 5.36. The van der Waals surface area contributed by atoms with Crippen molar-refractivity contribution in [3.8, 4) is 11.5 Å². The summed E-state index contributed by atoms with van der Waals surface area (Å²) >= 11 is 0. The molecule has 0 aliphatic carbocycles. The number of halogens is 1. The van der Waals surface area contributed by atoms with E-state index in [1.165, 1.54) is 4.90 Å². The summed E-state index contributed by atoms with van der Waals surface area (Å²) in [5.74, 6) is 2.05. The number of nitrogens with one attached hydrogen (secondary N) is 2. The first kappa shape index (κ1) is 20.3. The van der Waals surface area contributed by atoms with Crippen LogP contribution in [-0.4, -0.2) is 63.2 Å². The van der Waals surface area contributed by atoms with Crippen molar-refractivity contribution in [3.63, 3.8) is 0 Å². The van der Waals surface area contributed by atoms with Crippen LogP contribution in [0.4, 0.5) is 0 Å². The van der Waals surface area contributed by atoms with Crippen molar-refractivity contribution in [2.24, 2.45) is 4.99 Å². The standard InChI is InChI=1S/C16H24N4O3.HI/c1-4-17-16(19-10-15(21)20(2)3)18-9-12-11-22-13-7-5-6-8-14(13)23-12;/h5-8,12H,4,9-11H2,1-3H3,(H2,17,18,19);1H. The van der Waals surface area contributed by atoms with Crippen LogP contribution in [-0.2, 0) is 4.79 Å². The number of para-hydroxylation sites is 2. The minimum absolute atomic E-state index is 0. The molecule has 0 bridgehead atoms. The fraction of sp³-hybridized carbons (Fsp3) is 0.500. The molecule has 0 saturated heterocycles. The number of carbonyl (C=O) groups excluding carboxylic acids is 1. The fourth-order valence-corrected chi connectivity index (χ4v) is 2.00. The van der Waals surface area contributed by atoms with Crippen LogP contribution in [0.2, 0.25) is 0 Å². The van der Waals surface area contributed by atoms with Crippen LogP contribution in [0.1, 0.15) is 6.92 Å². The number of rotatable bonds is 5. The van der Waals surface area contributed by atoms with Gasteiger partial charge in [-0.15, -0.1) is 24.0 Å². The van der Waals surface area contributed by atoms with Gasteiger partial charge in [-0.05, 0) is 19.1 Å². The van der Waals surface area contributed by atoms with Crippen molar-refractivity contribution < 1.29 is 14.3 Å². The van der Waals surface area contributed by atoms with E-state index >= 15 is 0 Å². The zero-order valence-electron chi connectivity index (χ0n) is 14.2. The van der Waals surface area contributed by atoms with Crippen molar-refractivity contribution >= 4 is 35.8 Å². The van der Waals surface area contributed by atoms with Crippen LogP contribution in [0.5, 0.6) is 11.5 Å². The molecular weight excluding hydrogens is 423 g/mol. The maximum atomic E-state index is 11.6. The van der Waals surface area contributed by atoms with Gasteiger partial charge < -0.3 is 25.0 Å². The second-order valence-corrected chi connectivity index (χ2v) is 5.36. The zero-order chi connectivity index (χ0) is 16.7. The maximum Gasteiger partial charge on any atom is 0.243 e. The normalized spacial score (nSPS) is 16.0. The van der Waals surface area contributed by atoms with Gasteiger partial charge >= 0.3 is 0 Å².